The standard InChI is InChI=1S/C16H18ClF3O3S/c1-2-10-8-12(15(24(22)23)6-4-3-5-7-15)13(16(18,19)20)9-11(10)14(17)21/h8-9H,2-7H2,1H3,(H,22,23). The Kier molecular flexibility index (Phi) is 5.77. The minimum atomic E-state index is -4.74. The maximum atomic E-state index is 13.6. The lowest BCUT2D eigenvalue weighted by molar-refractivity contribution is -0.138. The molecule has 1 aromatic carbocycles. The van der Waals surface area contributed by atoms with Crippen LogP contribution in [0.5, 0.6) is 0 Å². The van der Waals surface area contributed by atoms with Gasteiger partial charge in [-0.3, -0.25) is 4.79 Å². The van der Waals surface area contributed by atoms with Gasteiger partial charge in [-0.05, 0) is 48.1 Å². The summed E-state index contributed by atoms with van der Waals surface area (Å²) in [7, 11) is 0. The highest BCUT2D eigenvalue weighted by molar-refractivity contribution is 7.80. The quantitative estimate of drug-likeness (QED) is 0.587. The zero-order valence-corrected chi connectivity index (χ0v) is 14.7. The van der Waals surface area contributed by atoms with Gasteiger partial charge in [-0.25, -0.2) is 4.21 Å². The lowest BCUT2D eigenvalue weighted by Gasteiger charge is -2.36. The van der Waals surface area contributed by atoms with Gasteiger partial charge in [0.1, 0.15) is 0 Å². The molecule has 24 heavy (non-hydrogen) atoms. The second kappa shape index (κ2) is 7.14. The molecule has 1 aliphatic rings. The summed E-state index contributed by atoms with van der Waals surface area (Å²) in [5.41, 5.74) is -1.10. The first-order valence-corrected chi connectivity index (χ1v) is 9.17. The van der Waals surface area contributed by atoms with Gasteiger partial charge in [-0.15, -0.1) is 0 Å². The zero-order valence-electron chi connectivity index (χ0n) is 13.1. The van der Waals surface area contributed by atoms with Crippen LogP contribution in [0, 0.1) is 0 Å². The van der Waals surface area contributed by atoms with Gasteiger partial charge in [0, 0.05) is 5.56 Å². The molecule has 3 nitrogen and oxygen atoms in total. The number of rotatable bonds is 4. The number of hydrogen-bond acceptors (Lipinski definition) is 2. The Balaban J connectivity index is 2.79. The van der Waals surface area contributed by atoms with E-state index in [0.29, 0.717) is 24.8 Å². The molecule has 1 saturated carbocycles. The third-order valence-electron chi connectivity index (χ3n) is 4.63. The Morgan fingerprint density at radius 1 is 1.29 bits per heavy atom. The topological polar surface area (TPSA) is 54.4 Å². The SMILES string of the molecule is CCc1cc(C2(S(=O)O)CCCCC2)c(C(F)(F)F)cc1C(=O)Cl. The van der Waals surface area contributed by atoms with Crippen LogP contribution in [0.4, 0.5) is 13.2 Å². The van der Waals surface area contributed by atoms with Gasteiger partial charge in [0.15, 0.2) is 11.1 Å². The summed E-state index contributed by atoms with van der Waals surface area (Å²) in [4.78, 5) is 11.5. The van der Waals surface area contributed by atoms with E-state index in [1.165, 1.54) is 6.07 Å². The van der Waals surface area contributed by atoms with Crippen molar-refractivity contribution >= 4 is 27.9 Å². The molecule has 1 unspecified atom stereocenters. The van der Waals surface area contributed by atoms with Crippen molar-refractivity contribution in [1.29, 1.82) is 0 Å². The molecule has 0 radical (unpaired) electrons. The normalized spacial score (nSPS) is 19.1. The molecule has 2 rings (SSSR count). The van der Waals surface area contributed by atoms with Crippen molar-refractivity contribution in [3.8, 4) is 0 Å². The molecule has 0 aliphatic heterocycles. The molecule has 0 saturated heterocycles. The Hall–Kier alpha value is -0.920. The molecule has 0 spiro atoms. The van der Waals surface area contributed by atoms with Crippen LogP contribution in [0.1, 0.15) is 66.1 Å². The molecule has 134 valence electrons. The summed E-state index contributed by atoms with van der Waals surface area (Å²) in [5.74, 6) is 0. The van der Waals surface area contributed by atoms with E-state index in [-0.39, 0.29) is 24.0 Å². The van der Waals surface area contributed by atoms with Crippen LogP contribution in [-0.4, -0.2) is 14.0 Å². The average molecular weight is 383 g/mol. The van der Waals surface area contributed by atoms with Crippen LogP contribution < -0.4 is 0 Å². The van der Waals surface area contributed by atoms with Crippen LogP contribution in [0.2, 0.25) is 0 Å². The van der Waals surface area contributed by atoms with Gasteiger partial charge in [-0.1, -0.05) is 32.3 Å². The highest BCUT2D eigenvalue weighted by Gasteiger charge is 2.46. The van der Waals surface area contributed by atoms with Crippen molar-refractivity contribution in [3.05, 3.63) is 34.4 Å². The Morgan fingerprint density at radius 3 is 2.29 bits per heavy atom. The van der Waals surface area contributed by atoms with Crippen molar-refractivity contribution in [2.45, 2.75) is 56.4 Å². The van der Waals surface area contributed by atoms with Gasteiger partial charge >= 0.3 is 6.18 Å². The fourth-order valence-corrected chi connectivity index (χ4v) is 4.56. The highest BCUT2D eigenvalue weighted by Crippen LogP contribution is 2.47. The van der Waals surface area contributed by atoms with E-state index in [9.17, 15) is 26.7 Å². The summed E-state index contributed by atoms with van der Waals surface area (Å²) >= 11 is 2.98. The molecule has 0 heterocycles. The first kappa shape index (κ1) is 19.4. The van der Waals surface area contributed by atoms with E-state index in [4.69, 9.17) is 11.6 Å². The lowest BCUT2D eigenvalue weighted by Crippen LogP contribution is -2.36. The Bertz CT molecular complexity index is 667. The number of aryl methyl sites for hydroxylation is 1. The number of halogens is 4. The van der Waals surface area contributed by atoms with Crippen molar-refractivity contribution in [3.63, 3.8) is 0 Å². The van der Waals surface area contributed by atoms with E-state index >= 15 is 0 Å². The molecule has 1 aliphatic carbocycles. The maximum Gasteiger partial charge on any atom is 0.416 e. The highest BCUT2D eigenvalue weighted by atomic mass is 35.5. The molecule has 0 amide bonds. The lowest BCUT2D eigenvalue weighted by atomic mass is 9.79. The molecule has 1 N–H and O–H groups in total. The first-order chi connectivity index (χ1) is 11.1. The van der Waals surface area contributed by atoms with Gasteiger partial charge in [0.25, 0.3) is 5.24 Å². The first-order valence-electron chi connectivity index (χ1n) is 7.69. The van der Waals surface area contributed by atoms with Gasteiger partial charge < -0.3 is 4.55 Å². The number of hydrogen-bond donors (Lipinski definition) is 1. The van der Waals surface area contributed by atoms with Gasteiger partial charge in [0.05, 0.1) is 10.3 Å². The number of carbonyl (C=O) groups is 1. The fourth-order valence-electron chi connectivity index (χ4n) is 3.39. The van der Waals surface area contributed by atoms with E-state index in [1.54, 1.807) is 6.92 Å². The average Bonchev–Trinajstić information content (AvgIpc) is 2.53. The molecule has 0 bridgehead atoms. The third-order valence-corrected chi connectivity index (χ3v) is 6.13. The summed E-state index contributed by atoms with van der Waals surface area (Å²) in [6, 6.07) is 1.98. The van der Waals surface area contributed by atoms with E-state index < -0.39 is 32.8 Å². The molecule has 1 atom stereocenters. The van der Waals surface area contributed by atoms with E-state index in [0.717, 1.165) is 12.5 Å². The molecule has 8 heteroatoms. The van der Waals surface area contributed by atoms with Crippen LogP contribution in [-0.2, 0) is 28.4 Å². The minimum absolute atomic E-state index is 0.200. The molecule has 1 aromatic rings. The predicted molar refractivity (Wildman–Crippen MR) is 86.5 cm³/mol. The summed E-state index contributed by atoms with van der Waals surface area (Å²) in [5, 5.41) is -0.966. The van der Waals surface area contributed by atoms with Crippen LogP contribution in [0.3, 0.4) is 0 Å². The van der Waals surface area contributed by atoms with Crippen molar-refractivity contribution in [1.82, 2.24) is 0 Å². The largest absolute Gasteiger partial charge is 0.416 e. The van der Waals surface area contributed by atoms with Crippen LogP contribution in [0.15, 0.2) is 12.1 Å². The molecular formula is C16H18ClF3O3S. The molecular weight excluding hydrogens is 365 g/mol. The molecule has 0 aromatic heterocycles. The van der Waals surface area contributed by atoms with Gasteiger partial charge in [0.2, 0.25) is 0 Å². The summed E-state index contributed by atoms with van der Waals surface area (Å²) < 4.78 is 61.1. The van der Waals surface area contributed by atoms with Gasteiger partial charge in [-0.2, -0.15) is 13.2 Å². The summed E-state index contributed by atoms with van der Waals surface area (Å²) in [6.45, 7) is 1.69. The monoisotopic (exact) mass is 382 g/mol. The van der Waals surface area contributed by atoms with E-state index in [2.05, 4.69) is 0 Å². The third kappa shape index (κ3) is 3.53. The number of alkyl halides is 3. The Labute approximate surface area is 145 Å². The van der Waals surface area contributed by atoms with Crippen LogP contribution in [0.25, 0.3) is 0 Å². The smallest absolute Gasteiger partial charge is 0.305 e. The Morgan fingerprint density at radius 2 is 1.88 bits per heavy atom. The second-order valence-electron chi connectivity index (χ2n) is 5.98. The summed E-state index contributed by atoms with van der Waals surface area (Å²) in [6.07, 6.45) is -2.05. The minimum Gasteiger partial charge on any atom is -0.305 e. The van der Waals surface area contributed by atoms with Crippen molar-refractivity contribution in [2.24, 2.45) is 0 Å². The zero-order chi connectivity index (χ0) is 18.1. The van der Waals surface area contributed by atoms with Crippen molar-refractivity contribution < 1.29 is 26.7 Å². The van der Waals surface area contributed by atoms with Crippen molar-refractivity contribution in [2.75, 3.05) is 0 Å². The fraction of sp³-hybridized carbons (Fsp3) is 0.562. The number of benzene rings is 1. The van der Waals surface area contributed by atoms with Crippen LogP contribution >= 0.6 is 11.6 Å². The second-order valence-corrected chi connectivity index (χ2v) is 7.61. The van der Waals surface area contributed by atoms with E-state index in [1.807, 2.05) is 0 Å². The molecule has 1 fully saturated rings. The predicted octanol–water partition coefficient (Wildman–Crippen LogP) is 5.03. The maximum absolute atomic E-state index is 13.6. The number of carbonyl (C=O) groups excluding carboxylic acids is 1.